The summed E-state index contributed by atoms with van der Waals surface area (Å²) in [5.41, 5.74) is -0.440. The molecule has 0 radical (unpaired) electrons. The Morgan fingerprint density at radius 3 is 2.63 bits per heavy atom. The second kappa shape index (κ2) is 6.07. The maximum atomic E-state index is 14.8. The van der Waals surface area contributed by atoms with E-state index in [1.807, 2.05) is 13.8 Å². The highest BCUT2D eigenvalue weighted by Crippen LogP contribution is 2.42. The first kappa shape index (κ1) is 17.5. The molecule has 0 bridgehead atoms. The number of anilines is 2. The smallest absolute Gasteiger partial charge is 0.341 e. The number of carboxylic acid groups (broad SMARTS) is 1. The Kier molecular flexibility index (Phi) is 3.94. The van der Waals surface area contributed by atoms with E-state index in [9.17, 15) is 23.9 Å². The van der Waals surface area contributed by atoms with Crippen molar-refractivity contribution in [1.29, 1.82) is 0 Å². The van der Waals surface area contributed by atoms with Gasteiger partial charge in [-0.25, -0.2) is 9.18 Å². The van der Waals surface area contributed by atoms with Crippen LogP contribution in [0.3, 0.4) is 0 Å². The third-order valence-electron chi connectivity index (χ3n) is 5.03. The summed E-state index contributed by atoms with van der Waals surface area (Å²) in [7, 11) is 0. The van der Waals surface area contributed by atoms with E-state index in [0.717, 1.165) is 18.9 Å². The third kappa shape index (κ3) is 2.85. The Hall–Kier alpha value is -2.90. The van der Waals surface area contributed by atoms with Crippen LogP contribution in [0.4, 0.5) is 15.8 Å². The number of nitrogens with zero attached hydrogens (tertiary/aromatic N) is 1. The zero-order valence-corrected chi connectivity index (χ0v) is 15.0. The monoisotopic (exact) mass is 373 g/mol. The second-order valence-corrected chi connectivity index (χ2v) is 7.64. The van der Waals surface area contributed by atoms with Crippen molar-refractivity contribution < 1.29 is 19.1 Å². The van der Waals surface area contributed by atoms with Crippen molar-refractivity contribution in [2.45, 2.75) is 45.2 Å². The molecule has 2 heterocycles. The molecule has 1 aromatic heterocycles. The van der Waals surface area contributed by atoms with Crippen LogP contribution in [0.25, 0.3) is 10.9 Å². The molecule has 2 aliphatic rings. The highest BCUT2D eigenvalue weighted by atomic mass is 19.1. The summed E-state index contributed by atoms with van der Waals surface area (Å²) in [6.45, 7) is 3.94. The summed E-state index contributed by atoms with van der Waals surface area (Å²) in [6, 6.07) is 0.536. The molecule has 1 atom stereocenters. The lowest BCUT2D eigenvalue weighted by Gasteiger charge is -2.30. The van der Waals surface area contributed by atoms with Gasteiger partial charge >= 0.3 is 5.97 Å². The summed E-state index contributed by atoms with van der Waals surface area (Å²) in [5, 5.41) is 15.0. The molecular formula is C19H20FN3O4. The topological polar surface area (TPSA) is 100 Å². The molecule has 1 aliphatic heterocycles. The average molecular weight is 373 g/mol. The van der Waals surface area contributed by atoms with E-state index in [-0.39, 0.29) is 34.6 Å². The zero-order valence-electron chi connectivity index (χ0n) is 15.0. The van der Waals surface area contributed by atoms with Crippen molar-refractivity contribution in [2.75, 3.05) is 10.6 Å². The normalized spacial score (nSPS) is 19.0. The van der Waals surface area contributed by atoms with Crippen LogP contribution in [0, 0.1) is 11.7 Å². The number of rotatable bonds is 4. The van der Waals surface area contributed by atoms with E-state index in [0.29, 0.717) is 11.9 Å². The van der Waals surface area contributed by atoms with Gasteiger partial charge in [0.05, 0.1) is 22.3 Å². The van der Waals surface area contributed by atoms with Crippen LogP contribution >= 0.6 is 0 Å². The molecule has 3 N–H and O–H groups in total. The number of carbonyl (C=O) groups excluding carboxylic acids is 1. The van der Waals surface area contributed by atoms with E-state index in [1.165, 1.54) is 6.20 Å². The predicted molar refractivity (Wildman–Crippen MR) is 98.9 cm³/mol. The van der Waals surface area contributed by atoms with Crippen molar-refractivity contribution in [1.82, 2.24) is 4.57 Å². The number of nitrogens with one attached hydrogen (secondary N) is 2. The SMILES string of the molecule is CC(C)C[C@@H]1Nc2c(F)cc3c(=O)c(C(=O)O)cn(C4CC4)c3c2NC1=O. The molecular weight excluding hydrogens is 353 g/mol. The first-order chi connectivity index (χ1) is 12.8. The Bertz CT molecular complexity index is 1040. The van der Waals surface area contributed by atoms with Crippen LogP contribution in [0.1, 0.15) is 49.5 Å². The summed E-state index contributed by atoms with van der Waals surface area (Å²) >= 11 is 0. The van der Waals surface area contributed by atoms with Gasteiger partial charge in [-0.2, -0.15) is 0 Å². The van der Waals surface area contributed by atoms with E-state index >= 15 is 0 Å². The number of aromatic carboxylic acids is 1. The van der Waals surface area contributed by atoms with Crippen molar-refractivity contribution >= 4 is 34.2 Å². The minimum atomic E-state index is -1.35. The largest absolute Gasteiger partial charge is 0.477 e. The molecule has 1 amide bonds. The average Bonchev–Trinajstić information content (AvgIpc) is 3.41. The molecule has 0 unspecified atom stereocenters. The number of benzene rings is 1. The molecule has 0 saturated heterocycles. The van der Waals surface area contributed by atoms with Crippen molar-refractivity contribution in [2.24, 2.45) is 5.92 Å². The third-order valence-corrected chi connectivity index (χ3v) is 5.03. The maximum Gasteiger partial charge on any atom is 0.341 e. The lowest BCUT2D eigenvalue weighted by Crippen LogP contribution is -2.40. The lowest BCUT2D eigenvalue weighted by molar-refractivity contribution is -0.117. The molecule has 0 spiro atoms. The summed E-state index contributed by atoms with van der Waals surface area (Å²) in [5.74, 6) is -2.09. The quantitative estimate of drug-likeness (QED) is 0.765. The number of amides is 1. The molecule has 1 aromatic carbocycles. The van der Waals surface area contributed by atoms with Gasteiger partial charge in [-0.3, -0.25) is 9.59 Å². The van der Waals surface area contributed by atoms with Gasteiger partial charge in [-0.05, 0) is 31.2 Å². The molecule has 1 fully saturated rings. The number of aromatic nitrogens is 1. The summed E-state index contributed by atoms with van der Waals surface area (Å²) < 4.78 is 16.5. The Morgan fingerprint density at radius 2 is 2.04 bits per heavy atom. The number of halogens is 1. The number of hydrogen-bond donors (Lipinski definition) is 3. The highest BCUT2D eigenvalue weighted by molar-refractivity contribution is 6.11. The maximum absolute atomic E-state index is 14.8. The first-order valence-electron chi connectivity index (χ1n) is 9.00. The summed E-state index contributed by atoms with van der Waals surface area (Å²) in [6.07, 6.45) is 3.51. The minimum absolute atomic E-state index is 0.0334. The van der Waals surface area contributed by atoms with Gasteiger partial charge < -0.3 is 20.3 Å². The van der Waals surface area contributed by atoms with E-state index in [4.69, 9.17) is 0 Å². The standard InChI is InChI=1S/C19H20FN3O4/c1-8(2)5-13-18(25)22-15-14(21-13)12(20)6-10-16(15)23(9-3-4-9)7-11(17(10)24)19(26)27/h6-9,13,21H,3-5H2,1-2H3,(H,22,25)(H,26,27)/t13-/m0/s1. The first-order valence-corrected chi connectivity index (χ1v) is 9.00. The van der Waals surface area contributed by atoms with Gasteiger partial charge in [-0.15, -0.1) is 0 Å². The van der Waals surface area contributed by atoms with Gasteiger partial charge in [0.25, 0.3) is 0 Å². The number of fused-ring (bicyclic) bond motifs is 3. The Morgan fingerprint density at radius 1 is 1.33 bits per heavy atom. The fourth-order valence-electron chi connectivity index (χ4n) is 3.63. The molecule has 7 nitrogen and oxygen atoms in total. The molecule has 1 aliphatic carbocycles. The van der Waals surface area contributed by atoms with Crippen LogP contribution < -0.4 is 16.1 Å². The fourth-order valence-corrected chi connectivity index (χ4v) is 3.63. The van der Waals surface area contributed by atoms with Crippen molar-refractivity contribution in [3.05, 3.63) is 33.9 Å². The van der Waals surface area contributed by atoms with E-state index < -0.39 is 28.8 Å². The van der Waals surface area contributed by atoms with Crippen LogP contribution in [-0.2, 0) is 4.79 Å². The number of pyridine rings is 1. The van der Waals surface area contributed by atoms with Gasteiger partial charge in [0.2, 0.25) is 11.3 Å². The molecule has 27 heavy (non-hydrogen) atoms. The van der Waals surface area contributed by atoms with Crippen LogP contribution in [0.2, 0.25) is 0 Å². The van der Waals surface area contributed by atoms with E-state index in [2.05, 4.69) is 10.6 Å². The minimum Gasteiger partial charge on any atom is -0.477 e. The number of carboxylic acids is 1. The number of carbonyl (C=O) groups is 2. The van der Waals surface area contributed by atoms with Crippen LogP contribution in [-0.4, -0.2) is 27.6 Å². The van der Waals surface area contributed by atoms with Gasteiger partial charge in [0.1, 0.15) is 17.4 Å². The number of hydrogen-bond acceptors (Lipinski definition) is 4. The zero-order chi connectivity index (χ0) is 19.5. The van der Waals surface area contributed by atoms with E-state index in [1.54, 1.807) is 4.57 Å². The van der Waals surface area contributed by atoms with Crippen LogP contribution in [0.15, 0.2) is 17.1 Å². The van der Waals surface area contributed by atoms with Crippen LogP contribution in [0.5, 0.6) is 0 Å². The second-order valence-electron chi connectivity index (χ2n) is 7.64. The lowest BCUT2D eigenvalue weighted by atomic mass is 9.99. The molecule has 8 heteroatoms. The van der Waals surface area contributed by atoms with Crippen molar-refractivity contribution in [3.8, 4) is 0 Å². The molecule has 4 rings (SSSR count). The summed E-state index contributed by atoms with van der Waals surface area (Å²) in [4.78, 5) is 36.6. The van der Waals surface area contributed by atoms with Gasteiger partial charge in [0.15, 0.2) is 0 Å². The predicted octanol–water partition coefficient (Wildman–Crippen LogP) is 2.95. The molecule has 1 saturated carbocycles. The fraction of sp³-hybridized carbons (Fsp3) is 0.421. The Labute approximate surface area is 154 Å². The van der Waals surface area contributed by atoms with Gasteiger partial charge in [0, 0.05) is 12.2 Å². The molecule has 142 valence electrons. The molecule has 2 aromatic rings. The van der Waals surface area contributed by atoms with Crippen molar-refractivity contribution in [3.63, 3.8) is 0 Å². The highest BCUT2D eigenvalue weighted by Gasteiger charge is 2.34. The Balaban J connectivity index is 1.98. The van der Waals surface area contributed by atoms with Gasteiger partial charge in [-0.1, -0.05) is 13.8 Å².